The summed E-state index contributed by atoms with van der Waals surface area (Å²) in [5.41, 5.74) is 1.31. The number of nitrogens with one attached hydrogen (secondary N) is 1. The van der Waals surface area contributed by atoms with Crippen LogP contribution in [0.2, 0.25) is 5.02 Å². The van der Waals surface area contributed by atoms with Crippen molar-refractivity contribution in [3.63, 3.8) is 0 Å². The molecule has 0 radical (unpaired) electrons. The molecule has 1 heterocycles. The maximum atomic E-state index is 12.7. The van der Waals surface area contributed by atoms with E-state index in [1.165, 1.54) is 18.3 Å². The van der Waals surface area contributed by atoms with Gasteiger partial charge in [0, 0.05) is 10.7 Å². The Bertz CT molecular complexity index is 1190. The lowest BCUT2D eigenvalue weighted by Gasteiger charge is -2.13. The van der Waals surface area contributed by atoms with Crippen molar-refractivity contribution in [1.29, 1.82) is 5.26 Å². The first-order valence-corrected chi connectivity index (χ1v) is 10.6. The van der Waals surface area contributed by atoms with E-state index in [4.69, 9.17) is 21.6 Å². The van der Waals surface area contributed by atoms with Crippen LogP contribution in [0.1, 0.15) is 11.1 Å². The van der Waals surface area contributed by atoms with Crippen LogP contribution in [-0.2, 0) is 10.0 Å². The minimum atomic E-state index is -3.86. The topological polar surface area (TPSA) is 92.1 Å². The van der Waals surface area contributed by atoms with E-state index in [1.807, 2.05) is 6.07 Å². The molecule has 0 bridgehead atoms. The average molecular weight is 479 g/mol. The van der Waals surface area contributed by atoms with Gasteiger partial charge in [-0.05, 0) is 61.0 Å². The first-order valence-electron chi connectivity index (χ1n) is 7.91. The Morgan fingerprint density at radius 1 is 1.21 bits per heavy atom. The van der Waals surface area contributed by atoms with E-state index >= 15 is 0 Å². The highest BCUT2D eigenvalue weighted by Gasteiger charge is 2.19. The third-order valence-electron chi connectivity index (χ3n) is 3.73. The van der Waals surface area contributed by atoms with E-state index in [2.05, 4.69) is 25.6 Å². The van der Waals surface area contributed by atoms with Crippen LogP contribution in [0, 0.1) is 18.3 Å². The molecule has 0 aliphatic carbocycles. The molecule has 1 N–H and O–H groups in total. The van der Waals surface area contributed by atoms with Crippen LogP contribution in [0.5, 0.6) is 11.6 Å². The molecule has 3 aromatic rings. The Labute approximate surface area is 175 Å². The summed E-state index contributed by atoms with van der Waals surface area (Å²) in [6.07, 6.45) is 1.52. The van der Waals surface area contributed by atoms with Gasteiger partial charge in [0.05, 0.1) is 10.7 Å². The molecule has 3 rings (SSSR count). The molecule has 0 aliphatic heterocycles. The second-order valence-corrected chi connectivity index (χ2v) is 8.70. The zero-order valence-corrected chi connectivity index (χ0v) is 17.6. The summed E-state index contributed by atoms with van der Waals surface area (Å²) in [6.45, 7) is 1.73. The lowest BCUT2D eigenvalue weighted by atomic mass is 10.2. The van der Waals surface area contributed by atoms with Gasteiger partial charge in [-0.25, -0.2) is 13.4 Å². The standard InChI is InChI=1S/C19H13BrClN3O3S/c1-12-9-15(27-19-13(11-22)3-2-8-23-19)5-6-17(12)24-28(25,26)18-7-4-14(20)10-16(18)21/h2-10,24H,1H3. The van der Waals surface area contributed by atoms with Crippen molar-refractivity contribution in [2.75, 3.05) is 4.72 Å². The number of sulfonamides is 1. The maximum absolute atomic E-state index is 12.7. The molecule has 0 saturated carbocycles. The van der Waals surface area contributed by atoms with E-state index in [9.17, 15) is 8.42 Å². The van der Waals surface area contributed by atoms with Gasteiger partial charge in [0.25, 0.3) is 10.0 Å². The minimum absolute atomic E-state index is 0.0239. The summed E-state index contributed by atoms with van der Waals surface area (Å²) in [5, 5.41) is 9.22. The number of nitrogens with zero attached hydrogens (tertiary/aromatic N) is 2. The summed E-state index contributed by atoms with van der Waals surface area (Å²) in [7, 11) is -3.86. The lowest BCUT2D eigenvalue weighted by molar-refractivity contribution is 0.461. The second kappa shape index (κ2) is 8.19. The summed E-state index contributed by atoms with van der Waals surface area (Å²) < 4.78 is 34.2. The Balaban J connectivity index is 1.86. The van der Waals surface area contributed by atoms with Crippen molar-refractivity contribution < 1.29 is 13.2 Å². The summed E-state index contributed by atoms with van der Waals surface area (Å²) >= 11 is 9.31. The van der Waals surface area contributed by atoms with Crippen molar-refractivity contribution in [2.45, 2.75) is 11.8 Å². The van der Waals surface area contributed by atoms with Gasteiger partial charge >= 0.3 is 0 Å². The molecular formula is C19H13BrClN3O3S. The fraction of sp³-hybridized carbons (Fsp3) is 0.0526. The van der Waals surface area contributed by atoms with Gasteiger partial charge in [0.2, 0.25) is 5.88 Å². The normalized spacial score (nSPS) is 10.9. The molecule has 0 aliphatic rings. The number of anilines is 1. The monoisotopic (exact) mass is 477 g/mol. The number of aryl methyl sites for hydroxylation is 1. The molecule has 142 valence electrons. The van der Waals surface area contributed by atoms with E-state index in [1.54, 1.807) is 43.3 Å². The van der Waals surface area contributed by atoms with Crippen molar-refractivity contribution in [2.24, 2.45) is 0 Å². The third kappa shape index (κ3) is 4.44. The van der Waals surface area contributed by atoms with Crippen LogP contribution in [0.4, 0.5) is 5.69 Å². The highest BCUT2D eigenvalue weighted by atomic mass is 79.9. The Kier molecular flexibility index (Phi) is 5.89. The summed E-state index contributed by atoms with van der Waals surface area (Å²) in [5.74, 6) is 0.608. The number of ether oxygens (including phenoxy) is 1. The molecule has 2 aromatic carbocycles. The Hall–Kier alpha value is -2.60. The molecular weight excluding hydrogens is 466 g/mol. The highest BCUT2D eigenvalue weighted by molar-refractivity contribution is 9.10. The van der Waals surface area contributed by atoms with Gasteiger partial charge in [0.15, 0.2) is 0 Å². The first kappa shape index (κ1) is 20.1. The van der Waals surface area contributed by atoms with Crippen LogP contribution in [-0.4, -0.2) is 13.4 Å². The predicted molar refractivity (Wildman–Crippen MR) is 110 cm³/mol. The second-order valence-electron chi connectivity index (χ2n) is 5.73. The number of benzene rings is 2. The number of hydrogen-bond acceptors (Lipinski definition) is 5. The smallest absolute Gasteiger partial charge is 0.263 e. The first-order chi connectivity index (χ1) is 13.3. The van der Waals surface area contributed by atoms with Crippen LogP contribution in [0.25, 0.3) is 0 Å². The summed E-state index contributed by atoms with van der Waals surface area (Å²) in [6, 6.07) is 14.6. The molecule has 0 spiro atoms. The molecule has 0 atom stereocenters. The Morgan fingerprint density at radius 2 is 2.00 bits per heavy atom. The van der Waals surface area contributed by atoms with Gasteiger partial charge in [-0.1, -0.05) is 27.5 Å². The van der Waals surface area contributed by atoms with Crippen molar-refractivity contribution >= 4 is 43.2 Å². The van der Waals surface area contributed by atoms with Crippen molar-refractivity contribution in [1.82, 2.24) is 4.98 Å². The zero-order chi connectivity index (χ0) is 20.3. The molecule has 1 aromatic heterocycles. The number of nitriles is 1. The van der Waals surface area contributed by atoms with Gasteiger partial charge in [0.1, 0.15) is 22.3 Å². The molecule has 28 heavy (non-hydrogen) atoms. The molecule has 0 unspecified atom stereocenters. The Morgan fingerprint density at radius 3 is 2.68 bits per heavy atom. The number of halogens is 2. The molecule has 9 heteroatoms. The van der Waals surface area contributed by atoms with E-state index in [0.29, 0.717) is 27.0 Å². The maximum Gasteiger partial charge on any atom is 0.263 e. The largest absolute Gasteiger partial charge is 0.438 e. The highest BCUT2D eigenvalue weighted by Crippen LogP contribution is 2.30. The number of rotatable bonds is 5. The minimum Gasteiger partial charge on any atom is -0.438 e. The number of pyridine rings is 1. The zero-order valence-electron chi connectivity index (χ0n) is 14.5. The van der Waals surface area contributed by atoms with Gasteiger partial charge < -0.3 is 4.74 Å². The van der Waals surface area contributed by atoms with Crippen LogP contribution < -0.4 is 9.46 Å². The fourth-order valence-electron chi connectivity index (χ4n) is 2.38. The third-order valence-corrected chi connectivity index (χ3v) is 6.07. The average Bonchev–Trinajstić information content (AvgIpc) is 2.64. The SMILES string of the molecule is Cc1cc(Oc2ncccc2C#N)ccc1NS(=O)(=O)c1ccc(Br)cc1Cl. The predicted octanol–water partition coefficient (Wildman–Crippen LogP) is 5.27. The number of hydrogen-bond donors (Lipinski definition) is 1. The van der Waals surface area contributed by atoms with E-state index in [0.717, 1.165) is 0 Å². The molecule has 0 amide bonds. The van der Waals surface area contributed by atoms with E-state index < -0.39 is 10.0 Å². The van der Waals surface area contributed by atoms with Gasteiger partial charge in [-0.3, -0.25) is 4.72 Å². The fourth-order valence-corrected chi connectivity index (χ4v) is 4.55. The van der Waals surface area contributed by atoms with E-state index in [-0.39, 0.29) is 15.8 Å². The number of aromatic nitrogens is 1. The quantitative estimate of drug-likeness (QED) is 0.539. The summed E-state index contributed by atoms with van der Waals surface area (Å²) in [4.78, 5) is 4.01. The molecule has 0 fully saturated rings. The van der Waals surface area contributed by atoms with Crippen LogP contribution in [0.15, 0.2) is 64.1 Å². The van der Waals surface area contributed by atoms with Crippen LogP contribution >= 0.6 is 27.5 Å². The molecule has 0 saturated heterocycles. The van der Waals surface area contributed by atoms with Gasteiger partial charge in [-0.2, -0.15) is 5.26 Å². The lowest BCUT2D eigenvalue weighted by Crippen LogP contribution is -2.14. The van der Waals surface area contributed by atoms with Crippen molar-refractivity contribution in [3.05, 3.63) is 75.4 Å². The molecule has 6 nitrogen and oxygen atoms in total. The van der Waals surface area contributed by atoms with Gasteiger partial charge in [-0.15, -0.1) is 0 Å². The van der Waals surface area contributed by atoms with Crippen LogP contribution in [0.3, 0.4) is 0 Å². The van der Waals surface area contributed by atoms with Crippen molar-refractivity contribution in [3.8, 4) is 17.7 Å².